The minimum atomic E-state index is 0.000195. The van der Waals surface area contributed by atoms with E-state index in [9.17, 15) is 0 Å². The fourth-order valence-corrected chi connectivity index (χ4v) is 6.68. The maximum absolute atomic E-state index is 6.18. The van der Waals surface area contributed by atoms with E-state index in [4.69, 9.17) is 9.47 Å². The SMILES string of the molecule is CCC(C)(Pc1c(C)cccc1CP(C)C)c1cc(C(C)(C)C)cc(C)c1OCOC. The van der Waals surface area contributed by atoms with Crippen LogP contribution in [0.2, 0.25) is 0 Å². The van der Waals surface area contributed by atoms with E-state index >= 15 is 0 Å². The second-order valence-corrected chi connectivity index (χ2v) is 14.5. The summed E-state index contributed by atoms with van der Waals surface area (Å²) in [5.41, 5.74) is 6.90. The van der Waals surface area contributed by atoms with Crippen LogP contribution in [0.5, 0.6) is 5.75 Å². The molecule has 0 aliphatic carbocycles. The summed E-state index contributed by atoms with van der Waals surface area (Å²) < 4.78 is 11.5. The van der Waals surface area contributed by atoms with Crippen molar-refractivity contribution in [3.63, 3.8) is 0 Å². The van der Waals surface area contributed by atoms with E-state index < -0.39 is 0 Å². The lowest BCUT2D eigenvalue weighted by atomic mass is 9.82. The number of rotatable bonds is 9. The van der Waals surface area contributed by atoms with Gasteiger partial charge in [-0.3, -0.25) is 0 Å². The van der Waals surface area contributed by atoms with Crippen molar-refractivity contribution in [3.05, 3.63) is 58.1 Å². The molecule has 2 rings (SSSR count). The highest BCUT2D eigenvalue weighted by atomic mass is 31.1. The average molecular weight is 461 g/mol. The highest BCUT2D eigenvalue weighted by Crippen LogP contribution is 2.50. The zero-order valence-electron chi connectivity index (χ0n) is 21.3. The molecular formula is C27H42O2P2. The lowest BCUT2D eigenvalue weighted by Gasteiger charge is -2.35. The maximum Gasteiger partial charge on any atom is 0.188 e. The Morgan fingerprint density at radius 1 is 1.00 bits per heavy atom. The lowest BCUT2D eigenvalue weighted by Crippen LogP contribution is -2.24. The van der Waals surface area contributed by atoms with Crippen LogP contribution < -0.4 is 10.0 Å². The van der Waals surface area contributed by atoms with Crippen molar-refractivity contribution in [1.82, 2.24) is 0 Å². The van der Waals surface area contributed by atoms with Crippen LogP contribution in [0.4, 0.5) is 0 Å². The van der Waals surface area contributed by atoms with Gasteiger partial charge >= 0.3 is 0 Å². The quantitative estimate of drug-likeness (QED) is 0.286. The summed E-state index contributed by atoms with van der Waals surface area (Å²) in [7, 11) is 2.40. The minimum absolute atomic E-state index is 0.000195. The van der Waals surface area contributed by atoms with Gasteiger partial charge in [-0.25, -0.2) is 0 Å². The molecule has 0 aliphatic rings. The minimum Gasteiger partial charge on any atom is -0.467 e. The molecule has 0 bridgehead atoms. The molecule has 0 aromatic heterocycles. The second-order valence-electron chi connectivity index (χ2n) is 10.1. The zero-order valence-corrected chi connectivity index (χ0v) is 23.2. The standard InChI is InChI=1S/C27H42O2P2/c1-11-27(7,30-25-19(2)13-12-14-21(25)17-31(9)10)23-16-22(26(4,5)6)15-20(3)24(23)29-18-28-8/h12-16,30H,11,17-18H2,1-10H3. The molecule has 2 aromatic rings. The Morgan fingerprint density at radius 3 is 2.23 bits per heavy atom. The van der Waals surface area contributed by atoms with Gasteiger partial charge in [0.25, 0.3) is 0 Å². The van der Waals surface area contributed by atoms with Gasteiger partial charge in [-0.05, 0) is 72.7 Å². The van der Waals surface area contributed by atoms with Crippen LogP contribution in [0.25, 0.3) is 0 Å². The molecule has 0 amide bonds. The smallest absolute Gasteiger partial charge is 0.188 e. The summed E-state index contributed by atoms with van der Waals surface area (Å²) in [5.74, 6) is 0.995. The van der Waals surface area contributed by atoms with Gasteiger partial charge in [0.15, 0.2) is 6.79 Å². The van der Waals surface area contributed by atoms with E-state index in [2.05, 4.69) is 92.1 Å². The summed E-state index contributed by atoms with van der Waals surface area (Å²) in [5, 5.41) is 1.54. The summed E-state index contributed by atoms with van der Waals surface area (Å²) >= 11 is 0. The number of hydrogen-bond acceptors (Lipinski definition) is 2. The monoisotopic (exact) mass is 460 g/mol. The molecule has 4 heteroatoms. The van der Waals surface area contributed by atoms with Crippen LogP contribution in [0, 0.1) is 13.8 Å². The number of ether oxygens (including phenoxy) is 2. The molecule has 2 atom stereocenters. The predicted molar refractivity (Wildman–Crippen MR) is 142 cm³/mol. The number of hydrogen-bond donors (Lipinski definition) is 0. The molecule has 0 radical (unpaired) electrons. The number of methoxy groups -OCH3 is 1. The topological polar surface area (TPSA) is 18.5 Å². The summed E-state index contributed by atoms with van der Waals surface area (Å²) in [6.07, 6.45) is 2.25. The van der Waals surface area contributed by atoms with Gasteiger partial charge in [-0.2, -0.15) is 0 Å². The Labute approximate surface area is 194 Å². The van der Waals surface area contributed by atoms with E-state index in [1.54, 1.807) is 12.4 Å². The first-order valence-electron chi connectivity index (χ1n) is 11.2. The van der Waals surface area contributed by atoms with Crippen molar-refractivity contribution >= 4 is 21.8 Å². The Bertz CT molecular complexity index is 884. The largest absolute Gasteiger partial charge is 0.467 e. The Hall–Kier alpha value is -0.940. The first-order chi connectivity index (χ1) is 14.4. The van der Waals surface area contributed by atoms with E-state index in [-0.39, 0.29) is 25.3 Å². The van der Waals surface area contributed by atoms with Crippen LogP contribution in [0.15, 0.2) is 30.3 Å². The molecule has 0 saturated heterocycles. The van der Waals surface area contributed by atoms with Crippen molar-refractivity contribution in [3.8, 4) is 5.75 Å². The zero-order chi connectivity index (χ0) is 23.4. The molecule has 0 saturated carbocycles. The van der Waals surface area contributed by atoms with Crippen LogP contribution in [-0.2, 0) is 21.5 Å². The van der Waals surface area contributed by atoms with Crippen LogP contribution in [0.1, 0.15) is 68.9 Å². The third kappa shape index (κ3) is 6.54. The maximum atomic E-state index is 6.18. The third-order valence-corrected chi connectivity index (χ3v) is 9.12. The fourth-order valence-electron chi connectivity index (χ4n) is 3.93. The summed E-state index contributed by atoms with van der Waals surface area (Å²) in [6, 6.07) is 11.5. The Balaban J connectivity index is 2.67. The van der Waals surface area contributed by atoms with E-state index in [1.807, 2.05) is 0 Å². The molecule has 0 aliphatic heterocycles. The molecule has 2 unspecified atom stereocenters. The van der Waals surface area contributed by atoms with Gasteiger partial charge in [-0.15, -0.1) is 7.92 Å². The highest BCUT2D eigenvalue weighted by Gasteiger charge is 2.32. The molecule has 172 valence electrons. The third-order valence-electron chi connectivity index (χ3n) is 6.01. The van der Waals surface area contributed by atoms with Gasteiger partial charge in [0.2, 0.25) is 0 Å². The highest BCUT2D eigenvalue weighted by molar-refractivity contribution is 7.55. The number of aryl methyl sites for hydroxylation is 2. The molecule has 31 heavy (non-hydrogen) atoms. The Morgan fingerprint density at radius 2 is 1.68 bits per heavy atom. The molecule has 0 N–H and O–H groups in total. The van der Waals surface area contributed by atoms with Crippen molar-refractivity contribution < 1.29 is 9.47 Å². The normalized spacial score (nSPS) is 14.4. The van der Waals surface area contributed by atoms with Gasteiger partial charge < -0.3 is 9.47 Å². The van der Waals surface area contributed by atoms with Crippen molar-refractivity contribution in [2.75, 3.05) is 27.2 Å². The van der Waals surface area contributed by atoms with Crippen molar-refractivity contribution in [2.45, 2.75) is 71.6 Å². The molecule has 0 fully saturated rings. The first-order valence-corrected chi connectivity index (χ1v) is 14.6. The molecule has 2 aromatic carbocycles. The second kappa shape index (κ2) is 10.8. The van der Waals surface area contributed by atoms with Crippen molar-refractivity contribution in [2.24, 2.45) is 0 Å². The number of benzene rings is 2. The van der Waals surface area contributed by atoms with E-state index in [1.165, 1.54) is 34.0 Å². The molecule has 0 spiro atoms. The van der Waals surface area contributed by atoms with Gasteiger partial charge in [0, 0.05) is 17.8 Å². The molecular weight excluding hydrogens is 418 g/mol. The van der Waals surface area contributed by atoms with Crippen LogP contribution >= 0.6 is 16.5 Å². The first kappa shape index (κ1) is 26.3. The van der Waals surface area contributed by atoms with Crippen molar-refractivity contribution in [1.29, 1.82) is 0 Å². The van der Waals surface area contributed by atoms with E-state index in [0.717, 1.165) is 12.2 Å². The molecule has 2 nitrogen and oxygen atoms in total. The van der Waals surface area contributed by atoms with Gasteiger partial charge in [-0.1, -0.05) is 73.5 Å². The van der Waals surface area contributed by atoms with Gasteiger partial charge in [0.05, 0.1) is 0 Å². The molecule has 0 heterocycles. The van der Waals surface area contributed by atoms with E-state index in [0.29, 0.717) is 8.58 Å². The lowest BCUT2D eigenvalue weighted by molar-refractivity contribution is 0.0495. The van der Waals surface area contributed by atoms with Crippen LogP contribution in [-0.4, -0.2) is 27.2 Å². The Kier molecular flexibility index (Phi) is 9.15. The fraction of sp³-hybridized carbons (Fsp3) is 0.556. The predicted octanol–water partition coefficient (Wildman–Crippen LogP) is 7.45. The van der Waals surface area contributed by atoms with Crippen LogP contribution in [0.3, 0.4) is 0 Å². The summed E-state index contributed by atoms with van der Waals surface area (Å²) in [6.45, 7) is 21.1. The summed E-state index contributed by atoms with van der Waals surface area (Å²) in [4.78, 5) is 0. The van der Waals surface area contributed by atoms with Gasteiger partial charge in [0.1, 0.15) is 5.75 Å². The average Bonchev–Trinajstić information content (AvgIpc) is 2.68.